The Bertz CT molecular complexity index is 1180. The number of methoxy groups -OCH3 is 1. The van der Waals surface area contributed by atoms with Crippen molar-refractivity contribution in [2.24, 2.45) is 5.73 Å². The van der Waals surface area contributed by atoms with Crippen LogP contribution in [0.3, 0.4) is 0 Å². The summed E-state index contributed by atoms with van der Waals surface area (Å²) in [5, 5.41) is 14.9. The molecule has 4 amide bonds. The molecule has 11 heteroatoms. The third-order valence-electron chi connectivity index (χ3n) is 5.12. The van der Waals surface area contributed by atoms with Crippen LogP contribution in [0.5, 0.6) is 11.5 Å². The Hall–Kier alpha value is -4.72. The number of primary amides is 1. The number of nitrogens with zero attached hydrogens (tertiary/aromatic N) is 1. The van der Waals surface area contributed by atoms with Crippen LogP contribution in [-0.2, 0) is 19.1 Å². The van der Waals surface area contributed by atoms with Gasteiger partial charge in [0, 0.05) is 18.2 Å². The van der Waals surface area contributed by atoms with E-state index in [1.807, 2.05) is 0 Å². The van der Waals surface area contributed by atoms with E-state index in [2.05, 4.69) is 16.7 Å². The molecule has 0 saturated carbocycles. The number of hydrogen-bond acceptors (Lipinski definition) is 7. The number of carbonyl (C=O) groups excluding carboxylic acids is 4. The average Bonchev–Trinajstić information content (AvgIpc) is 2.84. The first kappa shape index (κ1) is 29.5. The molecule has 0 fully saturated rings. The van der Waals surface area contributed by atoms with Gasteiger partial charge < -0.3 is 30.9 Å². The first-order valence-electron chi connectivity index (χ1n) is 11.7. The number of benzene rings is 2. The lowest BCUT2D eigenvalue weighted by molar-refractivity contribution is -0.137. The Kier molecular flexibility index (Phi) is 10.1. The molecule has 2 aromatic carbocycles. The minimum atomic E-state index is -1.37. The Balaban J connectivity index is 2.44. The summed E-state index contributed by atoms with van der Waals surface area (Å²) >= 11 is 0. The highest BCUT2D eigenvalue weighted by molar-refractivity contribution is 5.99. The van der Waals surface area contributed by atoms with Crippen LogP contribution in [0.1, 0.15) is 45.2 Å². The van der Waals surface area contributed by atoms with Gasteiger partial charge in [-0.15, -0.1) is 0 Å². The fourth-order valence-corrected chi connectivity index (χ4v) is 3.39. The lowest BCUT2D eigenvalue weighted by atomic mass is 10.0. The van der Waals surface area contributed by atoms with Crippen LogP contribution in [-0.4, -0.2) is 52.6 Å². The van der Waals surface area contributed by atoms with Crippen molar-refractivity contribution in [2.45, 2.75) is 51.3 Å². The Morgan fingerprint density at radius 2 is 1.68 bits per heavy atom. The molecule has 0 saturated heterocycles. The van der Waals surface area contributed by atoms with E-state index >= 15 is 0 Å². The SMILES string of the molecule is C#CN(C(=O)C(CCC(N)=O)NC(=O)OC(C)(C)C)C(C(=O)Nc1ccc(OC)cc1)c1ccc(O)cc1. The third-order valence-corrected chi connectivity index (χ3v) is 5.12. The maximum absolute atomic E-state index is 13.6. The second-order valence-electron chi connectivity index (χ2n) is 9.25. The standard InChI is InChI=1S/C27H32N4O7/c1-6-31(25(35)21(15-16-22(28)33)30-26(36)38-27(2,3)4)23(17-7-11-19(32)12-8-17)24(34)29-18-9-13-20(37-5)14-10-18/h1,7-14,21,23,32H,15-16H2,2-5H3,(H2,28,33)(H,29,34)(H,30,36). The van der Waals surface area contributed by atoms with E-state index in [0.29, 0.717) is 11.4 Å². The fourth-order valence-electron chi connectivity index (χ4n) is 3.39. The Morgan fingerprint density at radius 1 is 1.08 bits per heavy atom. The maximum atomic E-state index is 13.6. The number of rotatable bonds is 10. The molecular weight excluding hydrogens is 492 g/mol. The van der Waals surface area contributed by atoms with Crippen molar-refractivity contribution in [3.63, 3.8) is 0 Å². The van der Waals surface area contributed by atoms with Crippen molar-refractivity contribution in [1.29, 1.82) is 0 Å². The van der Waals surface area contributed by atoms with Gasteiger partial charge in [0.05, 0.1) is 7.11 Å². The molecule has 2 atom stereocenters. The number of terminal acetylenes is 1. The maximum Gasteiger partial charge on any atom is 0.408 e. The van der Waals surface area contributed by atoms with Gasteiger partial charge in [-0.3, -0.25) is 19.3 Å². The van der Waals surface area contributed by atoms with Gasteiger partial charge in [0.15, 0.2) is 0 Å². The molecule has 0 spiro atoms. The van der Waals surface area contributed by atoms with Crippen molar-refractivity contribution in [2.75, 3.05) is 12.4 Å². The summed E-state index contributed by atoms with van der Waals surface area (Å²) in [6.07, 6.45) is 4.37. The zero-order chi connectivity index (χ0) is 28.5. The molecule has 5 N–H and O–H groups in total. The monoisotopic (exact) mass is 524 g/mol. The smallest absolute Gasteiger partial charge is 0.408 e. The minimum absolute atomic E-state index is 0.0624. The average molecular weight is 525 g/mol. The van der Waals surface area contributed by atoms with E-state index in [9.17, 15) is 24.3 Å². The van der Waals surface area contributed by atoms with Crippen LogP contribution in [0.25, 0.3) is 0 Å². The molecule has 0 bridgehead atoms. The van der Waals surface area contributed by atoms with Gasteiger partial charge in [-0.2, -0.15) is 0 Å². The topological polar surface area (TPSA) is 160 Å². The molecule has 2 aromatic rings. The molecule has 0 aliphatic rings. The summed E-state index contributed by atoms with van der Waals surface area (Å²) in [5.74, 6) is -1.70. The van der Waals surface area contributed by atoms with Crippen molar-refractivity contribution in [3.8, 4) is 24.0 Å². The number of hydrogen-bond donors (Lipinski definition) is 4. The van der Waals surface area contributed by atoms with E-state index in [4.69, 9.17) is 21.6 Å². The number of phenols is 1. The molecular formula is C27H32N4O7. The van der Waals surface area contributed by atoms with Gasteiger partial charge in [-0.25, -0.2) is 4.79 Å². The number of amides is 4. The van der Waals surface area contributed by atoms with Crippen molar-refractivity contribution in [3.05, 3.63) is 54.1 Å². The van der Waals surface area contributed by atoms with Gasteiger partial charge in [0.2, 0.25) is 5.91 Å². The normalized spacial score (nSPS) is 12.3. The number of carbonyl (C=O) groups is 4. The zero-order valence-electron chi connectivity index (χ0n) is 21.7. The lowest BCUT2D eigenvalue weighted by Gasteiger charge is -2.30. The number of ether oxygens (including phenoxy) is 2. The molecule has 0 aliphatic carbocycles. The summed E-state index contributed by atoms with van der Waals surface area (Å²) in [5.41, 5.74) is 5.08. The molecule has 0 heterocycles. The van der Waals surface area contributed by atoms with Crippen LogP contribution in [0, 0.1) is 12.5 Å². The Labute approximate surface area is 221 Å². The number of phenolic OH excluding ortho intramolecular Hbond substituents is 1. The number of nitrogens with one attached hydrogen (secondary N) is 2. The second kappa shape index (κ2) is 13.0. The summed E-state index contributed by atoms with van der Waals surface area (Å²) < 4.78 is 10.4. The van der Waals surface area contributed by atoms with E-state index in [1.165, 1.54) is 31.4 Å². The highest BCUT2D eigenvalue weighted by atomic mass is 16.6. The number of nitrogens with two attached hydrogens (primary N) is 1. The van der Waals surface area contributed by atoms with Crippen LogP contribution in [0.4, 0.5) is 10.5 Å². The van der Waals surface area contributed by atoms with Crippen LogP contribution >= 0.6 is 0 Å². The van der Waals surface area contributed by atoms with Crippen molar-refractivity contribution in [1.82, 2.24) is 10.2 Å². The summed E-state index contributed by atoms with van der Waals surface area (Å²) in [7, 11) is 1.50. The highest BCUT2D eigenvalue weighted by Crippen LogP contribution is 2.26. The first-order chi connectivity index (χ1) is 17.8. The zero-order valence-corrected chi connectivity index (χ0v) is 21.7. The summed E-state index contributed by atoms with van der Waals surface area (Å²) in [6.45, 7) is 4.93. The van der Waals surface area contributed by atoms with E-state index in [1.54, 1.807) is 45.0 Å². The van der Waals surface area contributed by atoms with E-state index in [-0.39, 0.29) is 24.2 Å². The lowest BCUT2D eigenvalue weighted by Crippen LogP contribution is -2.51. The Morgan fingerprint density at radius 3 is 2.18 bits per heavy atom. The van der Waals surface area contributed by atoms with Crippen molar-refractivity contribution >= 4 is 29.5 Å². The molecule has 0 radical (unpaired) electrons. The molecule has 0 aliphatic heterocycles. The van der Waals surface area contributed by atoms with Gasteiger partial charge in [-0.05, 0) is 69.2 Å². The summed E-state index contributed by atoms with van der Waals surface area (Å²) in [4.78, 5) is 51.8. The van der Waals surface area contributed by atoms with Crippen molar-refractivity contribution < 1.29 is 33.8 Å². The van der Waals surface area contributed by atoms with Crippen LogP contribution in [0.2, 0.25) is 0 Å². The molecule has 0 aromatic heterocycles. The van der Waals surface area contributed by atoms with Gasteiger partial charge >= 0.3 is 6.09 Å². The number of alkyl carbamates (subject to hydrolysis) is 1. The number of anilines is 1. The van der Waals surface area contributed by atoms with E-state index in [0.717, 1.165) is 4.90 Å². The van der Waals surface area contributed by atoms with Gasteiger partial charge in [-0.1, -0.05) is 18.6 Å². The fraction of sp³-hybridized carbons (Fsp3) is 0.333. The molecule has 11 nitrogen and oxygen atoms in total. The molecule has 202 valence electrons. The number of aromatic hydroxyl groups is 1. The molecule has 38 heavy (non-hydrogen) atoms. The first-order valence-corrected chi connectivity index (χ1v) is 11.7. The largest absolute Gasteiger partial charge is 0.508 e. The van der Waals surface area contributed by atoms with Gasteiger partial charge in [0.25, 0.3) is 11.8 Å². The molecule has 2 unspecified atom stereocenters. The second-order valence-corrected chi connectivity index (χ2v) is 9.25. The third kappa shape index (κ3) is 8.74. The predicted octanol–water partition coefficient (Wildman–Crippen LogP) is 2.66. The predicted molar refractivity (Wildman–Crippen MR) is 140 cm³/mol. The van der Waals surface area contributed by atoms with Crippen LogP contribution < -0.4 is 21.1 Å². The quantitative estimate of drug-likeness (QED) is 0.274. The van der Waals surface area contributed by atoms with E-state index < -0.39 is 41.5 Å². The summed E-state index contributed by atoms with van der Waals surface area (Å²) in [6, 6.07) is 11.6. The molecule has 2 rings (SSSR count). The minimum Gasteiger partial charge on any atom is -0.508 e. The van der Waals surface area contributed by atoms with Gasteiger partial charge in [0.1, 0.15) is 29.2 Å². The highest BCUT2D eigenvalue weighted by Gasteiger charge is 2.36. The van der Waals surface area contributed by atoms with Crippen LogP contribution in [0.15, 0.2) is 48.5 Å².